The van der Waals surface area contributed by atoms with E-state index in [1.807, 2.05) is 30.3 Å². The lowest BCUT2D eigenvalue weighted by molar-refractivity contribution is -0.124. The highest BCUT2D eigenvalue weighted by Crippen LogP contribution is 2.32. The summed E-state index contributed by atoms with van der Waals surface area (Å²) < 4.78 is 5.36. The zero-order chi connectivity index (χ0) is 17.1. The Morgan fingerprint density at radius 1 is 1.25 bits per heavy atom. The molecule has 6 heteroatoms. The summed E-state index contributed by atoms with van der Waals surface area (Å²) in [5.41, 5.74) is 1.46. The Morgan fingerprint density at radius 3 is 2.71 bits per heavy atom. The number of rotatable bonds is 3. The van der Waals surface area contributed by atoms with E-state index in [0.717, 1.165) is 10.5 Å². The molecule has 2 aromatic rings. The molecule has 2 atom stereocenters. The summed E-state index contributed by atoms with van der Waals surface area (Å²) in [5.74, 6) is -0.453. The number of carbonyl (C=O) groups is 2. The van der Waals surface area contributed by atoms with E-state index < -0.39 is 24.1 Å². The standard InChI is InChI=1S/C18H15ClN2O3/c1-12-16(13-6-3-2-4-7-13)24-18(23)21(12)15(22)10-9-14-8-5-11-20-17(14)19/h2-12,16H,1H3/b10-9+/t12-,16-/m0/s1. The second-order valence-electron chi connectivity index (χ2n) is 5.38. The first kappa shape index (κ1) is 16.2. The molecular weight excluding hydrogens is 328 g/mol. The highest BCUT2D eigenvalue weighted by Gasteiger charge is 2.42. The number of halogens is 1. The third-order valence-corrected chi connectivity index (χ3v) is 4.14. The van der Waals surface area contributed by atoms with Crippen LogP contribution in [0, 0.1) is 0 Å². The zero-order valence-electron chi connectivity index (χ0n) is 12.9. The van der Waals surface area contributed by atoms with E-state index in [4.69, 9.17) is 16.3 Å². The first-order valence-corrected chi connectivity index (χ1v) is 7.83. The Kier molecular flexibility index (Phi) is 4.62. The lowest BCUT2D eigenvalue weighted by Gasteiger charge is -2.17. The molecule has 0 unspecified atom stereocenters. The highest BCUT2D eigenvalue weighted by molar-refractivity contribution is 6.30. The first-order valence-electron chi connectivity index (χ1n) is 7.45. The van der Waals surface area contributed by atoms with Gasteiger partial charge in [0.15, 0.2) is 0 Å². The summed E-state index contributed by atoms with van der Waals surface area (Å²) in [6.45, 7) is 1.78. The Morgan fingerprint density at radius 2 is 2.00 bits per heavy atom. The lowest BCUT2D eigenvalue weighted by Crippen LogP contribution is -2.36. The van der Waals surface area contributed by atoms with Crippen LogP contribution in [-0.4, -0.2) is 27.9 Å². The van der Waals surface area contributed by atoms with Crippen LogP contribution in [0.25, 0.3) is 6.08 Å². The largest absolute Gasteiger partial charge is 0.439 e. The van der Waals surface area contributed by atoms with Crippen LogP contribution in [0.5, 0.6) is 0 Å². The lowest BCUT2D eigenvalue weighted by atomic mass is 10.0. The van der Waals surface area contributed by atoms with Gasteiger partial charge >= 0.3 is 6.09 Å². The van der Waals surface area contributed by atoms with Gasteiger partial charge in [-0.1, -0.05) is 48.0 Å². The van der Waals surface area contributed by atoms with Gasteiger partial charge in [-0.2, -0.15) is 0 Å². The Hall–Kier alpha value is -2.66. The normalized spacial score (nSPS) is 20.4. The fourth-order valence-electron chi connectivity index (χ4n) is 2.61. The molecule has 1 aliphatic rings. The summed E-state index contributed by atoms with van der Waals surface area (Å²) in [4.78, 5) is 29.5. The molecule has 0 saturated carbocycles. The number of carbonyl (C=O) groups excluding carboxylic acids is 2. The Labute approximate surface area is 144 Å². The monoisotopic (exact) mass is 342 g/mol. The van der Waals surface area contributed by atoms with Gasteiger partial charge in [-0.15, -0.1) is 0 Å². The van der Waals surface area contributed by atoms with Crippen LogP contribution in [0.1, 0.15) is 24.2 Å². The van der Waals surface area contributed by atoms with Gasteiger partial charge < -0.3 is 4.74 Å². The fourth-order valence-corrected chi connectivity index (χ4v) is 2.79. The van der Waals surface area contributed by atoms with E-state index in [2.05, 4.69) is 4.98 Å². The summed E-state index contributed by atoms with van der Waals surface area (Å²) in [6, 6.07) is 12.4. The van der Waals surface area contributed by atoms with Gasteiger partial charge in [0, 0.05) is 17.8 Å². The summed E-state index contributed by atoms with van der Waals surface area (Å²) in [6.07, 6.45) is 3.27. The highest BCUT2D eigenvalue weighted by atomic mass is 35.5. The Balaban J connectivity index is 1.78. The van der Waals surface area contributed by atoms with Crippen molar-refractivity contribution in [1.29, 1.82) is 0 Å². The zero-order valence-corrected chi connectivity index (χ0v) is 13.7. The van der Waals surface area contributed by atoms with E-state index >= 15 is 0 Å². The van der Waals surface area contributed by atoms with Crippen molar-refractivity contribution in [3.8, 4) is 0 Å². The molecule has 5 nitrogen and oxygen atoms in total. The smallest absolute Gasteiger partial charge is 0.417 e. The molecule has 1 aromatic carbocycles. The number of benzene rings is 1. The predicted molar refractivity (Wildman–Crippen MR) is 90.3 cm³/mol. The van der Waals surface area contributed by atoms with E-state index in [0.29, 0.717) is 10.7 Å². The molecule has 3 rings (SSSR count). The minimum Gasteiger partial charge on any atom is -0.439 e. The molecule has 1 aliphatic heterocycles. The van der Waals surface area contributed by atoms with Crippen LogP contribution in [0.2, 0.25) is 5.15 Å². The van der Waals surface area contributed by atoms with Crippen LogP contribution in [-0.2, 0) is 9.53 Å². The van der Waals surface area contributed by atoms with Gasteiger partial charge in [-0.25, -0.2) is 14.7 Å². The molecule has 0 spiro atoms. The summed E-state index contributed by atoms with van der Waals surface area (Å²) in [5, 5.41) is 0.292. The van der Waals surface area contributed by atoms with Gasteiger partial charge in [0.25, 0.3) is 5.91 Å². The molecule has 2 heterocycles. The number of aromatic nitrogens is 1. The number of hydrogen-bond acceptors (Lipinski definition) is 4. The van der Waals surface area contributed by atoms with Crippen molar-refractivity contribution in [3.05, 3.63) is 71.0 Å². The number of cyclic esters (lactones) is 1. The van der Waals surface area contributed by atoms with Crippen LogP contribution in [0.3, 0.4) is 0 Å². The topological polar surface area (TPSA) is 59.5 Å². The molecule has 0 bridgehead atoms. The van der Waals surface area contributed by atoms with Gasteiger partial charge in [-0.3, -0.25) is 4.79 Å². The third kappa shape index (κ3) is 3.16. The van der Waals surface area contributed by atoms with Crippen molar-refractivity contribution in [1.82, 2.24) is 9.88 Å². The second-order valence-corrected chi connectivity index (χ2v) is 5.74. The van der Waals surface area contributed by atoms with E-state index in [1.54, 1.807) is 25.3 Å². The number of ether oxygens (including phenoxy) is 1. The number of imide groups is 1. The maximum Gasteiger partial charge on any atom is 0.417 e. The van der Waals surface area contributed by atoms with Crippen LogP contribution >= 0.6 is 11.6 Å². The Bertz CT molecular complexity index is 792. The van der Waals surface area contributed by atoms with Crippen LogP contribution < -0.4 is 0 Å². The molecule has 2 amide bonds. The van der Waals surface area contributed by atoms with Gasteiger partial charge in [0.05, 0.1) is 6.04 Å². The minimum absolute atomic E-state index is 0.292. The fraction of sp³-hybridized carbons (Fsp3) is 0.167. The molecule has 1 fully saturated rings. The number of nitrogens with zero attached hydrogens (tertiary/aromatic N) is 2. The second kappa shape index (κ2) is 6.84. The molecule has 122 valence electrons. The summed E-state index contributed by atoms with van der Waals surface area (Å²) >= 11 is 5.95. The predicted octanol–water partition coefficient (Wildman–Crippen LogP) is 3.86. The molecule has 0 aliphatic carbocycles. The van der Waals surface area contributed by atoms with Crippen molar-refractivity contribution in [2.24, 2.45) is 0 Å². The van der Waals surface area contributed by atoms with Crippen LogP contribution in [0.4, 0.5) is 4.79 Å². The molecule has 1 saturated heterocycles. The third-order valence-electron chi connectivity index (χ3n) is 3.83. The maximum absolute atomic E-state index is 12.4. The quantitative estimate of drug-likeness (QED) is 0.627. The van der Waals surface area contributed by atoms with Crippen molar-refractivity contribution in [2.45, 2.75) is 19.1 Å². The van der Waals surface area contributed by atoms with E-state index in [9.17, 15) is 9.59 Å². The van der Waals surface area contributed by atoms with E-state index in [-0.39, 0.29) is 0 Å². The van der Waals surface area contributed by atoms with Gasteiger partial charge in [0.2, 0.25) is 0 Å². The van der Waals surface area contributed by atoms with Crippen molar-refractivity contribution < 1.29 is 14.3 Å². The average Bonchev–Trinajstić information content (AvgIpc) is 2.89. The minimum atomic E-state index is -0.650. The number of hydrogen-bond donors (Lipinski definition) is 0. The molecule has 24 heavy (non-hydrogen) atoms. The molecule has 1 aromatic heterocycles. The van der Waals surface area contributed by atoms with E-state index in [1.165, 1.54) is 12.2 Å². The number of pyridine rings is 1. The molecule has 0 radical (unpaired) electrons. The maximum atomic E-state index is 12.4. The molecule has 0 N–H and O–H groups in total. The summed E-state index contributed by atoms with van der Waals surface area (Å²) in [7, 11) is 0. The van der Waals surface area contributed by atoms with Crippen molar-refractivity contribution in [3.63, 3.8) is 0 Å². The van der Waals surface area contributed by atoms with Crippen LogP contribution in [0.15, 0.2) is 54.7 Å². The SMILES string of the molecule is C[C@H]1[C@@H](c2ccccc2)OC(=O)N1C(=O)/C=C/c1cccnc1Cl. The number of amides is 2. The van der Waals surface area contributed by atoms with Gasteiger partial charge in [0.1, 0.15) is 11.3 Å². The van der Waals surface area contributed by atoms with Crippen molar-refractivity contribution >= 4 is 29.7 Å². The van der Waals surface area contributed by atoms with Crippen molar-refractivity contribution in [2.75, 3.05) is 0 Å². The average molecular weight is 343 g/mol. The molecular formula is C18H15ClN2O3. The first-order chi connectivity index (χ1) is 11.6. The van der Waals surface area contributed by atoms with Gasteiger partial charge in [-0.05, 0) is 24.6 Å².